The minimum Gasteiger partial charge on any atom is -0.457 e. The lowest BCUT2D eigenvalue weighted by molar-refractivity contribution is -0.135. The van der Waals surface area contributed by atoms with Crippen LogP contribution in [0.4, 0.5) is 0 Å². The molecule has 8 heteroatoms. The summed E-state index contributed by atoms with van der Waals surface area (Å²) < 4.78 is 20.7. The Balaban J connectivity index is 2.25. The van der Waals surface area contributed by atoms with E-state index in [1.165, 1.54) is 25.1 Å². The van der Waals surface area contributed by atoms with Gasteiger partial charge in [0.15, 0.2) is 0 Å². The zero-order chi connectivity index (χ0) is 22.1. The Morgan fingerprint density at radius 1 is 0.800 bits per heavy atom. The fraction of sp³-hybridized carbons (Fsp3) is 0.273. The van der Waals surface area contributed by atoms with E-state index >= 15 is 0 Å². The van der Waals surface area contributed by atoms with Crippen molar-refractivity contribution in [3.05, 3.63) is 53.6 Å². The number of ether oxygens (including phenoxy) is 4. The van der Waals surface area contributed by atoms with Crippen molar-refractivity contribution in [2.24, 2.45) is 0 Å². The van der Waals surface area contributed by atoms with Gasteiger partial charge in [0, 0.05) is 25.3 Å². The predicted molar refractivity (Wildman–Crippen MR) is 105 cm³/mol. The highest BCUT2D eigenvalue weighted by molar-refractivity contribution is 5.94. The fourth-order valence-electron chi connectivity index (χ4n) is 2.32. The summed E-state index contributed by atoms with van der Waals surface area (Å²) in [6.07, 6.45) is 0.260. The molecule has 0 saturated heterocycles. The number of benzene rings is 2. The van der Waals surface area contributed by atoms with Crippen molar-refractivity contribution in [3.8, 4) is 17.2 Å². The van der Waals surface area contributed by atoms with Crippen molar-refractivity contribution >= 4 is 23.9 Å². The summed E-state index contributed by atoms with van der Waals surface area (Å²) in [5.41, 5.74) is 0.393. The average Bonchev–Trinajstić information content (AvgIpc) is 2.73. The van der Waals surface area contributed by atoms with Crippen molar-refractivity contribution in [1.29, 1.82) is 0 Å². The van der Waals surface area contributed by atoms with E-state index in [9.17, 15) is 19.2 Å². The van der Waals surface area contributed by atoms with Gasteiger partial charge in [-0.2, -0.15) is 0 Å². The van der Waals surface area contributed by atoms with Gasteiger partial charge >= 0.3 is 23.9 Å². The van der Waals surface area contributed by atoms with E-state index < -0.39 is 23.9 Å². The van der Waals surface area contributed by atoms with Crippen LogP contribution in [0.25, 0.3) is 0 Å². The lowest BCUT2D eigenvalue weighted by Crippen LogP contribution is -2.13. The minimum absolute atomic E-state index is 0.0172. The lowest BCUT2D eigenvalue weighted by atomic mass is 10.2. The van der Waals surface area contributed by atoms with Crippen LogP contribution >= 0.6 is 0 Å². The van der Waals surface area contributed by atoms with Crippen LogP contribution in [0.2, 0.25) is 0 Å². The smallest absolute Gasteiger partial charge is 0.342 e. The summed E-state index contributed by atoms with van der Waals surface area (Å²) in [5.74, 6) is -1.97. The molecular formula is C22H22O8. The van der Waals surface area contributed by atoms with Gasteiger partial charge in [-0.25, -0.2) is 4.79 Å². The van der Waals surface area contributed by atoms with Gasteiger partial charge in [-0.05, 0) is 24.3 Å². The summed E-state index contributed by atoms with van der Waals surface area (Å²) in [7, 11) is 0. The second-order valence-electron chi connectivity index (χ2n) is 6.09. The van der Waals surface area contributed by atoms with E-state index in [0.717, 1.165) is 0 Å². The third kappa shape index (κ3) is 6.44. The number of hydrogen-bond acceptors (Lipinski definition) is 8. The third-order valence-corrected chi connectivity index (χ3v) is 3.79. The van der Waals surface area contributed by atoms with Crippen LogP contribution in [0.1, 0.15) is 49.5 Å². The molecule has 0 bridgehead atoms. The highest BCUT2D eigenvalue weighted by Crippen LogP contribution is 2.27. The lowest BCUT2D eigenvalue weighted by Gasteiger charge is -2.13. The molecule has 2 rings (SSSR count). The molecule has 0 spiro atoms. The molecule has 0 fully saturated rings. The molecule has 0 unspecified atom stereocenters. The van der Waals surface area contributed by atoms with Crippen LogP contribution in [0.5, 0.6) is 17.2 Å². The Morgan fingerprint density at radius 3 is 2.13 bits per heavy atom. The number of rotatable bonds is 8. The van der Waals surface area contributed by atoms with E-state index in [1.54, 1.807) is 38.1 Å². The first kappa shape index (κ1) is 22.6. The molecular weight excluding hydrogens is 392 g/mol. The molecule has 30 heavy (non-hydrogen) atoms. The minimum atomic E-state index is -0.805. The fourth-order valence-corrected chi connectivity index (χ4v) is 2.32. The summed E-state index contributed by atoms with van der Waals surface area (Å²) in [5, 5.41) is 0. The zero-order valence-corrected chi connectivity index (χ0v) is 16.9. The van der Waals surface area contributed by atoms with Gasteiger partial charge in [0.2, 0.25) is 0 Å². The van der Waals surface area contributed by atoms with Gasteiger partial charge in [-0.15, -0.1) is 0 Å². The normalized spacial score (nSPS) is 10.1. The van der Waals surface area contributed by atoms with Gasteiger partial charge < -0.3 is 18.9 Å². The second-order valence-corrected chi connectivity index (χ2v) is 6.09. The molecule has 0 atom stereocenters. The first-order valence-electron chi connectivity index (χ1n) is 9.32. The third-order valence-electron chi connectivity index (χ3n) is 3.79. The number of para-hydroxylation sites is 1. The molecule has 0 aliphatic heterocycles. The molecule has 2 aromatic carbocycles. The number of esters is 4. The molecule has 0 aromatic heterocycles. The zero-order valence-electron chi connectivity index (χ0n) is 16.9. The van der Waals surface area contributed by atoms with Crippen LogP contribution in [-0.4, -0.2) is 23.9 Å². The van der Waals surface area contributed by atoms with Crippen LogP contribution in [0.3, 0.4) is 0 Å². The van der Waals surface area contributed by atoms with E-state index in [0.29, 0.717) is 5.56 Å². The van der Waals surface area contributed by atoms with E-state index in [1.807, 2.05) is 0 Å². The molecule has 0 radical (unpaired) electrons. The van der Waals surface area contributed by atoms with Crippen molar-refractivity contribution in [2.75, 3.05) is 0 Å². The summed E-state index contributed by atoms with van der Waals surface area (Å²) in [4.78, 5) is 47.1. The van der Waals surface area contributed by atoms with Gasteiger partial charge in [-0.1, -0.05) is 32.0 Å². The van der Waals surface area contributed by atoms with Crippen LogP contribution < -0.4 is 14.2 Å². The first-order valence-corrected chi connectivity index (χ1v) is 9.32. The maximum atomic E-state index is 12.7. The second kappa shape index (κ2) is 10.8. The molecule has 2 aromatic rings. The standard InChI is InChI=1S/C22H22O8/c1-4-20(24)29-16-10-11-19(30-21(25)5-2)17(12-16)22(26)27-13-15-8-6-7-9-18(15)28-14(3)23/h6-12H,4-5,13H2,1-3H3. The summed E-state index contributed by atoms with van der Waals surface area (Å²) >= 11 is 0. The van der Waals surface area contributed by atoms with Crippen molar-refractivity contribution in [3.63, 3.8) is 0 Å². The Morgan fingerprint density at radius 2 is 1.47 bits per heavy atom. The SMILES string of the molecule is CCC(=O)Oc1ccc(OC(=O)CC)c(C(=O)OCc2ccccc2OC(C)=O)c1. The number of carbonyl (C=O) groups is 4. The van der Waals surface area contributed by atoms with Crippen LogP contribution in [0.15, 0.2) is 42.5 Å². The molecule has 0 N–H and O–H groups in total. The van der Waals surface area contributed by atoms with Gasteiger partial charge in [0.05, 0.1) is 0 Å². The average molecular weight is 414 g/mol. The molecule has 158 valence electrons. The van der Waals surface area contributed by atoms with Gasteiger partial charge in [0.25, 0.3) is 0 Å². The Hall–Kier alpha value is -3.68. The molecule has 0 aliphatic carbocycles. The predicted octanol–water partition coefficient (Wildman–Crippen LogP) is 3.60. The molecule has 0 saturated carbocycles. The van der Waals surface area contributed by atoms with Gasteiger partial charge in [-0.3, -0.25) is 14.4 Å². The highest BCUT2D eigenvalue weighted by atomic mass is 16.6. The largest absolute Gasteiger partial charge is 0.457 e. The quantitative estimate of drug-likeness (QED) is 0.477. The maximum Gasteiger partial charge on any atom is 0.342 e. The van der Waals surface area contributed by atoms with Crippen LogP contribution in [-0.2, 0) is 25.7 Å². The van der Waals surface area contributed by atoms with Crippen molar-refractivity contribution < 1.29 is 38.1 Å². The first-order chi connectivity index (χ1) is 14.3. The topological polar surface area (TPSA) is 105 Å². The van der Waals surface area contributed by atoms with Gasteiger partial charge in [0.1, 0.15) is 29.4 Å². The van der Waals surface area contributed by atoms with Crippen molar-refractivity contribution in [2.45, 2.75) is 40.2 Å². The van der Waals surface area contributed by atoms with Crippen LogP contribution in [0, 0.1) is 0 Å². The van der Waals surface area contributed by atoms with E-state index in [-0.39, 0.29) is 42.3 Å². The molecule has 0 heterocycles. The number of hydrogen-bond donors (Lipinski definition) is 0. The molecule has 0 aliphatic rings. The van der Waals surface area contributed by atoms with E-state index in [4.69, 9.17) is 18.9 Å². The maximum absolute atomic E-state index is 12.7. The van der Waals surface area contributed by atoms with Crippen molar-refractivity contribution in [1.82, 2.24) is 0 Å². The molecule has 8 nitrogen and oxygen atoms in total. The highest BCUT2D eigenvalue weighted by Gasteiger charge is 2.19. The summed E-state index contributed by atoms with van der Waals surface area (Å²) in [6.45, 7) is 4.32. The Labute approximate surface area is 173 Å². The monoisotopic (exact) mass is 414 g/mol. The summed E-state index contributed by atoms with van der Waals surface area (Å²) in [6, 6.07) is 10.6. The number of carbonyl (C=O) groups excluding carboxylic acids is 4. The molecule has 0 amide bonds. The Bertz CT molecular complexity index is 948. The Kier molecular flexibility index (Phi) is 8.10. The van der Waals surface area contributed by atoms with E-state index in [2.05, 4.69) is 0 Å².